The molecule has 5 rings (SSSR count). The van der Waals surface area contributed by atoms with Crippen molar-refractivity contribution in [2.75, 3.05) is 0 Å². The molecule has 2 aromatic heterocycles. The summed E-state index contributed by atoms with van der Waals surface area (Å²) in [5.74, 6) is 2.54. The fourth-order valence-corrected chi connectivity index (χ4v) is 4.52. The van der Waals surface area contributed by atoms with E-state index in [4.69, 9.17) is 15.0 Å². The molecule has 0 spiro atoms. The molecule has 0 aliphatic carbocycles. The number of aromatic nitrogens is 5. The second-order valence-corrected chi connectivity index (χ2v) is 9.96. The van der Waals surface area contributed by atoms with E-state index < -0.39 is 0 Å². The third-order valence-electron chi connectivity index (χ3n) is 6.97. The van der Waals surface area contributed by atoms with E-state index >= 15 is 0 Å². The molecule has 0 saturated carbocycles. The Morgan fingerprint density at radius 2 is 1.17 bits per heavy atom. The van der Waals surface area contributed by atoms with Gasteiger partial charge in [0.05, 0.1) is 0 Å². The molecule has 0 fully saturated rings. The number of hydrogen-bond acceptors (Lipinski definition) is 5. The summed E-state index contributed by atoms with van der Waals surface area (Å²) in [6.45, 7) is 18.4. The normalized spacial score (nSPS) is 12.0. The minimum absolute atomic E-state index is 0.165. The molecule has 5 aromatic rings. The van der Waals surface area contributed by atoms with Crippen molar-refractivity contribution in [3.63, 3.8) is 0 Å². The molecule has 0 aliphatic rings. The largest absolute Gasteiger partial charge is 0.237 e. The van der Waals surface area contributed by atoms with Gasteiger partial charge in [-0.2, -0.15) is 0 Å². The standard InChI is InChI=1S/C37H33N5.2C2H6/c1-5-7-15-26(3)27(4)22-28(6-2)35-40-36(30-18-12-9-13-19-30)42-37(41-35)33-24-31(29-16-10-8-11-17-29)23-32(25-33)34-38-20-14-21-39-34;2*1-2/h5-25,27H,2H2,1,3-4H3;2*1-2H3/b7-5-,26-15+,28-22+;;. The van der Waals surface area contributed by atoms with E-state index in [1.54, 1.807) is 12.4 Å². The van der Waals surface area contributed by atoms with E-state index in [1.807, 2.05) is 107 Å². The van der Waals surface area contributed by atoms with Gasteiger partial charge >= 0.3 is 0 Å². The third-order valence-corrected chi connectivity index (χ3v) is 6.97. The summed E-state index contributed by atoms with van der Waals surface area (Å²) in [6.07, 6.45) is 13.7. The number of hydrogen-bond donors (Lipinski definition) is 0. The first-order valence-corrected chi connectivity index (χ1v) is 16.0. The molecular weight excluding hydrogens is 562 g/mol. The average Bonchev–Trinajstić information content (AvgIpc) is 3.15. The zero-order valence-corrected chi connectivity index (χ0v) is 28.1. The lowest BCUT2D eigenvalue weighted by molar-refractivity contribution is 0.863. The summed E-state index contributed by atoms with van der Waals surface area (Å²) in [5.41, 5.74) is 6.83. The molecule has 0 saturated heterocycles. The van der Waals surface area contributed by atoms with Gasteiger partial charge < -0.3 is 0 Å². The van der Waals surface area contributed by atoms with Crippen molar-refractivity contribution in [3.05, 3.63) is 146 Å². The lowest BCUT2D eigenvalue weighted by atomic mass is 9.98. The van der Waals surface area contributed by atoms with Crippen LogP contribution in [-0.4, -0.2) is 24.9 Å². The lowest BCUT2D eigenvalue weighted by Crippen LogP contribution is -2.04. The van der Waals surface area contributed by atoms with Gasteiger partial charge in [0.2, 0.25) is 0 Å². The highest BCUT2D eigenvalue weighted by molar-refractivity contribution is 5.79. The molecule has 5 nitrogen and oxygen atoms in total. The molecule has 1 atom stereocenters. The van der Waals surface area contributed by atoms with E-state index in [0.29, 0.717) is 23.3 Å². The van der Waals surface area contributed by atoms with E-state index in [-0.39, 0.29) is 5.92 Å². The summed E-state index contributed by atoms with van der Waals surface area (Å²) in [5, 5.41) is 0. The van der Waals surface area contributed by atoms with Crippen LogP contribution in [0.4, 0.5) is 0 Å². The fraction of sp³-hybridized carbons (Fsp3) is 0.195. The zero-order chi connectivity index (χ0) is 33.3. The van der Waals surface area contributed by atoms with E-state index in [1.165, 1.54) is 5.57 Å². The second kappa shape index (κ2) is 18.5. The fourth-order valence-electron chi connectivity index (χ4n) is 4.52. The van der Waals surface area contributed by atoms with Crippen molar-refractivity contribution >= 4 is 5.57 Å². The van der Waals surface area contributed by atoms with Gasteiger partial charge in [-0.05, 0) is 55.2 Å². The van der Waals surface area contributed by atoms with Gasteiger partial charge in [0.25, 0.3) is 0 Å². The topological polar surface area (TPSA) is 64.5 Å². The third kappa shape index (κ3) is 9.35. The van der Waals surface area contributed by atoms with Gasteiger partial charge in [-0.15, -0.1) is 0 Å². The van der Waals surface area contributed by atoms with Gasteiger partial charge in [0.15, 0.2) is 23.3 Å². The number of allylic oxidation sites excluding steroid dienone is 7. The maximum Gasteiger partial charge on any atom is 0.164 e. The van der Waals surface area contributed by atoms with Gasteiger partial charge in [-0.1, -0.05) is 138 Å². The Labute approximate surface area is 275 Å². The summed E-state index contributed by atoms with van der Waals surface area (Å²) >= 11 is 0. The molecule has 0 aliphatic heterocycles. The molecule has 2 heterocycles. The first-order valence-electron chi connectivity index (χ1n) is 16.0. The Hall–Kier alpha value is -5.29. The van der Waals surface area contributed by atoms with Crippen molar-refractivity contribution < 1.29 is 0 Å². The predicted octanol–water partition coefficient (Wildman–Crippen LogP) is 11.1. The molecule has 5 heteroatoms. The Morgan fingerprint density at radius 3 is 1.74 bits per heavy atom. The summed E-state index contributed by atoms with van der Waals surface area (Å²) in [6, 6.07) is 28.3. The SMILES string of the molecule is C=C/C(=C\C(C)/C(C)=C/C=C\C)c1nc(-c2ccccc2)nc(-c2cc(-c3ccccc3)cc(-c3ncccn3)c2)n1.CC.CC. The second-order valence-electron chi connectivity index (χ2n) is 9.96. The molecule has 46 heavy (non-hydrogen) atoms. The Balaban J connectivity index is 0.00000139. The van der Waals surface area contributed by atoms with Crippen LogP contribution in [0.25, 0.3) is 50.9 Å². The highest BCUT2D eigenvalue weighted by Gasteiger charge is 2.16. The van der Waals surface area contributed by atoms with Crippen LogP contribution in [0.3, 0.4) is 0 Å². The monoisotopic (exact) mass is 607 g/mol. The number of nitrogens with zero attached hydrogens (tertiary/aromatic N) is 5. The summed E-state index contributed by atoms with van der Waals surface area (Å²) in [7, 11) is 0. The van der Waals surface area contributed by atoms with Crippen molar-refractivity contribution in [2.24, 2.45) is 5.92 Å². The van der Waals surface area contributed by atoms with E-state index in [2.05, 4.69) is 72.9 Å². The molecule has 0 amide bonds. The minimum atomic E-state index is 0.165. The summed E-state index contributed by atoms with van der Waals surface area (Å²) < 4.78 is 0. The highest BCUT2D eigenvalue weighted by atomic mass is 15.0. The number of benzene rings is 3. The van der Waals surface area contributed by atoms with Crippen molar-refractivity contribution in [1.82, 2.24) is 24.9 Å². The van der Waals surface area contributed by atoms with E-state index in [9.17, 15) is 0 Å². The molecule has 0 bridgehead atoms. The first-order chi connectivity index (χ1) is 22.6. The number of rotatable bonds is 9. The van der Waals surface area contributed by atoms with Crippen molar-refractivity contribution in [3.8, 4) is 45.3 Å². The van der Waals surface area contributed by atoms with Gasteiger partial charge in [-0.3, -0.25) is 0 Å². The lowest BCUT2D eigenvalue weighted by Gasteiger charge is -2.13. The molecule has 0 radical (unpaired) electrons. The highest BCUT2D eigenvalue weighted by Crippen LogP contribution is 2.32. The Kier molecular flexibility index (Phi) is 14.2. The summed E-state index contributed by atoms with van der Waals surface area (Å²) in [4.78, 5) is 23.9. The molecule has 234 valence electrons. The smallest absolute Gasteiger partial charge is 0.164 e. The van der Waals surface area contributed by atoms with Crippen molar-refractivity contribution in [2.45, 2.75) is 48.5 Å². The van der Waals surface area contributed by atoms with Crippen LogP contribution in [0.15, 0.2) is 140 Å². The molecular formula is C41H45N5. The average molecular weight is 608 g/mol. The van der Waals surface area contributed by atoms with E-state index in [0.717, 1.165) is 33.4 Å². The molecule has 0 N–H and O–H groups in total. The van der Waals surface area contributed by atoms with Crippen LogP contribution >= 0.6 is 0 Å². The predicted molar refractivity (Wildman–Crippen MR) is 196 cm³/mol. The van der Waals surface area contributed by atoms with Crippen LogP contribution in [0, 0.1) is 5.92 Å². The van der Waals surface area contributed by atoms with Crippen molar-refractivity contribution in [1.29, 1.82) is 0 Å². The quantitative estimate of drug-likeness (QED) is 0.156. The Morgan fingerprint density at radius 1 is 0.652 bits per heavy atom. The van der Waals surface area contributed by atoms with Crippen LogP contribution < -0.4 is 0 Å². The molecule has 3 aromatic carbocycles. The first kappa shape index (κ1) is 35.2. The van der Waals surface area contributed by atoms with Crippen LogP contribution in [-0.2, 0) is 0 Å². The van der Waals surface area contributed by atoms with Crippen LogP contribution in [0.5, 0.6) is 0 Å². The van der Waals surface area contributed by atoms with Gasteiger partial charge in [-0.25, -0.2) is 24.9 Å². The Bertz CT molecular complexity index is 1700. The molecule has 1 unspecified atom stereocenters. The zero-order valence-electron chi connectivity index (χ0n) is 28.1. The van der Waals surface area contributed by atoms with Crippen LogP contribution in [0.2, 0.25) is 0 Å². The van der Waals surface area contributed by atoms with Gasteiger partial charge in [0.1, 0.15) is 0 Å². The maximum atomic E-state index is 5.01. The van der Waals surface area contributed by atoms with Crippen LogP contribution in [0.1, 0.15) is 54.3 Å². The minimum Gasteiger partial charge on any atom is -0.237 e. The maximum absolute atomic E-state index is 5.01. The van der Waals surface area contributed by atoms with Gasteiger partial charge in [0, 0.05) is 34.7 Å².